The highest BCUT2D eigenvalue weighted by atomic mass is 32.1. The lowest BCUT2D eigenvalue weighted by atomic mass is 10.1. The molecular weight excluding hydrogens is 322 g/mol. The van der Waals surface area contributed by atoms with Crippen molar-refractivity contribution in [2.45, 2.75) is 0 Å². The molecule has 0 unspecified atom stereocenters. The van der Waals surface area contributed by atoms with Gasteiger partial charge in [0.05, 0.1) is 0 Å². The van der Waals surface area contributed by atoms with Crippen molar-refractivity contribution < 1.29 is 0 Å². The lowest BCUT2D eigenvalue weighted by Crippen LogP contribution is -2.08. The van der Waals surface area contributed by atoms with Crippen LogP contribution in [0.15, 0.2) is 97.1 Å². The molecule has 0 spiro atoms. The third-order valence-corrected chi connectivity index (χ3v) is 5.53. The molecule has 0 fully saturated rings. The predicted octanol–water partition coefficient (Wildman–Crippen LogP) is 6.85. The normalized spacial score (nSPS) is 10.6. The molecule has 0 amide bonds. The van der Waals surface area contributed by atoms with Gasteiger partial charge in [-0.3, -0.25) is 0 Å². The van der Waals surface area contributed by atoms with Gasteiger partial charge in [0, 0.05) is 28.2 Å². The fourth-order valence-electron chi connectivity index (χ4n) is 2.90. The van der Waals surface area contributed by atoms with E-state index in [4.69, 9.17) is 0 Å². The van der Waals surface area contributed by atoms with E-state index < -0.39 is 0 Å². The first-order chi connectivity index (χ1) is 12.3. The molecule has 0 aliphatic carbocycles. The van der Waals surface area contributed by atoms with Gasteiger partial charge in [0.1, 0.15) is 0 Å². The van der Waals surface area contributed by atoms with Crippen molar-refractivity contribution in [3.63, 3.8) is 0 Å². The number of benzene rings is 3. The second kappa shape index (κ2) is 6.96. The van der Waals surface area contributed by atoms with Crippen LogP contribution in [0.3, 0.4) is 0 Å². The number of hydrogen-bond donors (Lipinski definition) is 0. The summed E-state index contributed by atoms with van der Waals surface area (Å²) in [5.74, 6) is 0. The van der Waals surface area contributed by atoms with Crippen molar-refractivity contribution in [3.8, 4) is 20.9 Å². The summed E-state index contributed by atoms with van der Waals surface area (Å²) in [4.78, 5) is 4.81. The first-order valence-corrected chi connectivity index (χ1v) is 9.17. The van der Waals surface area contributed by atoms with Gasteiger partial charge in [-0.1, -0.05) is 60.7 Å². The van der Waals surface area contributed by atoms with Gasteiger partial charge in [0.2, 0.25) is 0 Å². The van der Waals surface area contributed by atoms with Gasteiger partial charge < -0.3 is 4.90 Å². The maximum absolute atomic E-state index is 2.21. The number of nitrogens with zero attached hydrogens (tertiary/aromatic N) is 1. The summed E-state index contributed by atoms with van der Waals surface area (Å²) in [6.45, 7) is 0. The molecule has 4 rings (SSSR count). The average molecular weight is 341 g/mol. The van der Waals surface area contributed by atoms with Crippen molar-refractivity contribution in [3.05, 3.63) is 97.1 Å². The third-order valence-electron chi connectivity index (χ3n) is 4.35. The van der Waals surface area contributed by atoms with Crippen molar-refractivity contribution in [1.82, 2.24) is 0 Å². The Bertz CT molecular complexity index is 940. The quantitative estimate of drug-likeness (QED) is 0.392. The van der Waals surface area contributed by atoms with Crippen molar-refractivity contribution >= 4 is 22.7 Å². The Morgan fingerprint density at radius 2 is 1.00 bits per heavy atom. The van der Waals surface area contributed by atoms with Crippen molar-refractivity contribution in [1.29, 1.82) is 0 Å². The van der Waals surface area contributed by atoms with E-state index in [0.29, 0.717) is 0 Å². The van der Waals surface area contributed by atoms with Gasteiger partial charge in [-0.2, -0.15) is 0 Å². The molecule has 122 valence electrons. The van der Waals surface area contributed by atoms with Crippen LogP contribution in [0.4, 0.5) is 11.4 Å². The monoisotopic (exact) mass is 341 g/mol. The lowest BCUT2D eigenvalue weighted by Gasteiger charge is -2.19. The van der Waals surface area contributed by atoms with Crippen LogP contribution in [0.25, 0.3) is 20.9 Å². The van der Waals surface area contributed by atoms with Crippen molar-refractivity contribution in [2.75, 3.05) is 11.9 Å². The maximum atomic E-state index is 2.21. The molecule has 1 heterocycles. The number of rotatable bonds is 4. The molecule has 1 aromatic heterocycles. The molecule has 3 aromatic carbocycles. The first kappa shape index (κ1) is 15.7. The molecule has 0 saturated carbocycles. The average Bonchev–Trinajstić information content (AvgIpc) is 3.19. The second-order valence-corrected chi connectivity index (χ2v) is 7.06. The number of hydrogen-bond acceptors (Lipinski definition) is 2. The van der Waals surface area contributed by atoms with Crippen LogP contribution in [0.1, 0.15) is 0 Å². The molecular formula is C23H19NS. The van der Waals surface area contributed by atoms with Crippen LogP contribution in [0.5, 0.6) is 0 Å². The number of thiophene rings is 1. The van der Waals surface area contributed by atoms with Crippen LogP contribution in [-0.2, 0) is 0 Å². The number of anilines is 2. The van der Waals surface area contributed by atoms with Gasteiger partial charge in [-0.15, -0.1) is 11.3 Å². The Labute approximate surface area is 152 Å². The molecule has 0 radical (unpaired) electrons. The summed E-state index contributed by atoms with van der Waals surface area (Å²) in [7, 11) is 2.10. The van der Waals surface area contributed by atoms with E-state index in [2.05, 4.69) is 103 Å². The van der Waals surface area contributed by atoms with E-state index in [9.17, 15) is 0 Å². The van der Waals surface area contributed by atoms with Crippen molar-refractivity contribution in [2.24, 2.45) is 0 Å². The standard InChI is InChI=1S/C23H19NS/c1-24(20-10-6-3-7-11-20)21-14-12-19(13-15-21)23-17-16-22(25-23)18-8-4-2-5-9-18/h2-17H,1H3. The minimum absolute atomic E-state index is 1.19. The van der Waals surface area contributed by atoms with E-state index in [1.54, 1.807) is 0 Å². The SMILES string of the molecule is CN(c1ccccc1)c1ccc(-c2ccc(-c3ccccc3)s2)cc1. The zero-order chi connectivity index (χ0) is 17.1. The largest absolute Gasteiger partial charge is 0.345 e. The van der Waals surface area contributed by atoms with Crippen LogP contribution in [0, 0.1) is 0 Å². The fraction of sp³-hybridized carbons (Fsp3) is 0.0435. The molecule has 4 aromatic rings. The third kappa shape index (κ3) is 3.35. The summed E-state index contributed by atoms with van der Waals surface area (Å²) in [6.07, 6.45) is 0. The molecule has 2 heteroatoms. The van der Waals surface area contributed by atoms with Crippen LogP contribution < -0.4 is 4.90 Å². The fourth-order valence-corrected chi connectivity index (χ4v) is 3.92. The Kier molecular flexibility index (Phi) is 4.36. The number of para-hydroxylation sites is 1. The van der Waals surface area contributed by atoms with E-state index >= 15 is 0 Å². The second-order valence-electron chi connectivity index (χ2n) is 5.97. The zero-order valence-corrected chi connectivity index (χ0v) is 14.9. The van der Waals surface area contributed by atoms with Gasteiger partial charge in [-0.25, -0.2) is 0 Å². The van der Waals surface area contributed by atoms with Gasteiger partial charge in [-0.05, 0) is 47.5 Å². The Morgan fingerprint density at radius 3 is 1.60 bits per heavy atom. The summed E-state index contributed by atoms with van der Waals surface area (Å²) >= 11 is 1.84. The highest BCUT2D eigenvalue weighted by Gasteiger charge is 2.07. The van der Waals surface area contributed by atoms with Gasteiger partial charge >= 0.3 is 0 Å². The summed E-state index contributed by atoms with van der Waals surface area (Å²) < 4.78 is 0. The van der Waals surface area contributed by atoms with Crippen LogP contribution in [-0.4, -0.2) is 7.05 Å². The molecule has 0 atom stereocenters. The van der Waals surface area contributed by atoms with E-state index in [0.717, 1.165) is 0 Å². The lowest BCUT2D eigenvalue weighted by molar-refractivity contribution is 1.21. The van der Waals surface area contributed by atoms with Gasteiger partial charge in [0.25, 0.3) is 0 Å². The Hall–Kier alpha value is -2.84. The molecule has 0 bridgehead atoms. The minimum atomic E-state index is 1.19. The highest BCUT2D eigenvalue weighted by Crippen LogP contribution is 2.35. The molecule has 0 N–H and O–H groups in total. The highest BCUT2D eigenvalue weighted by molar-refractivity contribution is 7.18. The molecule has 25 heavy (non-hydrogen) atoms. The molecule has 0 aliphatic rings. The minimum Gasteiger partial charge on any atom is -0.345 e. The summed E-state index contributed by atoms with van der Waals surface area (Å²) in [5, 5.41) is 0. The Morgan fingerprint density at radius 1 is 0.520 bits per heavy atom. The summed E-state index contributed by atoms with van der Waals surface area (Å²) in [6, 6.07) is 34.2. The molecule has 0 aliphatic heterocycles. The molecule has 1 nitrogen and oxygen atoms in total. The Balaban J connectivity index is 1.58. The van der Waals surface area contributed by atoms with Crippen LogP contribution in [0.2, 0.25) is 0 Å². The molecule has 0 saturated heterocycles. The first-order valence-electron chi connectivity index (χ1n) is 8.36. The van der Waals surface area contributed by atoms with E-state index in [1.165, 1.54) is 32.3 Å². The predicted molar refractivity (Wildman–Crippen MR) is 110 cm³/mol. The van der Waals surface area contributed by atoms with E-state index in [1.807, 2.05) is 17.4 Å². The topological polar surface area (TPSA) is 3.24 Å². The van der Waals surface area contributed by atoms with E-state index in [-0.39, 0.29) is 0 Å². The van der Waals surface area contributed by atoms with Crippen LogP contribution >= 0.6 is 11.3 Å². The van der Waals surface area contributed by atoms with Gasteiger partial charge in [0.15, 0.2) is 0 Å². The smallest absolute Gasteiger partial charge is 0.0408 e. The summed E-state index contributed by atoms with van der Waals surface area (Å²) in [5.41, 5.74) is 4.92. The zero-order valence-electron chi connectivity index (χ0n) is 14.1. The maximum Gasteiger partial charge on any atom is 0.0408 e.